The summed E-state index contributed by atoms with van der Waals surface area (Å²) >= 11 is 3.42. The van der Waals surface area contributed by atoms with E-state index in [0.29, 0.717) is 23.0 Å². The normalized spacial score (nSPS) is 10.5. The van der Waals surface area contributed by atoms with Crippen molar-refractivity contribution in [2.45, 2.75) is 0 Å². The molecule has 0 aliphatic rings. The first-order valence-corrected chi connectivity index (χ1v) is 7.98. The molecule has 0 N–H and O–H groups in total. The quantitative estimate of drug-likeness (QED) is 0.627. The molecule has 3 aromatic rings. The van der Waals surface area contributed by atoms with Crippen molar-refractivity contribution in [1.29, 1.82) is 0 Å². The zero-order chi connectivity index (χ0) is 17.1. The van der Waals surface area contributed by atoms with Gasteiger partial charge in [0, 0.05) is 21.7 Å². The largest absolute Gasteiger partial charge is 0.493 e. The van der Waals surface area contributed by atoms with Gasteiger partial charge in [0.25, 0.3) is 0 Å². The molecule has 6 heteroatoms. The summed E-state index contributed by atoms with van der Waals surface area (Å²) < 4.78 is 22.6. The maximum absolute atomic E-state index is 5.49. The molecule has 1 heterocycles. The van der Waals surface area contributed by atoms with Gasteiger partial charge in [0.2, 0.25) is 5.75 Å². The summed E-state index contributed by atoms with van der Waals surface area (Å²) in [6, 6.07) is 13.4. The van der Waals surface area contributed by atoms with Gasteiger partial charge in [0.15, 0.2) is 17.3 Å². The first kappa shape index (κ1) is 16.4. The number of ether oxygens (including phenoxy) is 3. The molecule has 0 saturated carbocycles. The minimum absolute atomic E-state index is 0.538. The molecular weight excluding hydrogens is 374 g/mol. The highest BCUT2D eigenvalue weighted by molar-refractivity contribution is 9.10. The number of methoxy groups -OCH3 is 3. The number of benzene rings is 2. The van der Waals surface area contributed by atoms with Crippen LogP contribution in [0.2, 0.25) is 0 Å². The zero-order valence-electron chi connectivity index (χ0n) is 13.5. The van der Waals surface area contributed by atoms with Gasteiger partial charge < -0.3 is 18.7 Å². The Morgan fingerprint density at radius 1 is 0.833 bits per heavy atom. The van der Waals surface area contributed by atoms with Crippen LogP contribution in [-0.4, -0.2) is 26.5 Å². The Hall–Kier alpha value is -2.47. The van der Waals surface area contributed by atoms with Crippen molar-refractivity contribution in [3.8, 4) is 39.8 Å². The van der Waals surface area contributed by atoms with Gasteiger partial charge in [0.05, 0.1) is 21.3 Å². The van der Waals surface area contributed by atoms with Crippen molar-refractivity contribution >= 4 is 15.9 Å². The Balaban J connectivity index is 2.02. The molecule has 5 nitrogen and oxygen atoms in total. The Bertz CT molecular complexity index is 817. The molecule has 0 bridgehead atoms. The number of rotatable bonds is 5. The maximum Gasteiger partial charge on any atom is 0.203 e. The smallest absolute Gasteiger partial charge is 0.203 e. The van der Waals surface area contributed by atoms with Gasteiger partial charge in [-0.3, -0.25) is 0 Å². The lowest BCUT2D eigenvalue weighted by Crippen LogP contribution is -1.95. The van der Waals surface area contributed by atoms with Crippen LogP contribution in [0.4, 0.5) is 0 Å². The third-order valence-electron chi connectivity index (χ3n) is 3.60. The summed E-state index contributed by atoms with van der Waals surface area (Å²) in [6.45, 7) is 0. The van der Waals surface area contributed by atoms with Crippen LogP contribution in [0.25, 0.3) is 22.6 Å². The fourth-order valence-corrected chi connectivity index (χ4v) is 2.66. The van der Waals surface area contributed by atoms with Gasteiger partial charge in [-0.05, 0) is 24.3 Å². The molecule has 124 valence electrons. The lowest BCUT2D eigenvalue weighted by molar-refractivity contribution is 0.324. The van der Waals surface area contributed by atoms with Gasteiger partial charge in [-0.25, -0.2) is 0 Å². The molecule has 24 heavy (non-hydrogen) atoms. The SMILES string of the molecule is COc1cc(-c2cc(-c3ccc(Br)cc3)no2)cc(OC)c1OC. The van der Waals surface area contributed by atoms with Crippen LogP contribution in [0, 0.1) is 0 Å². The average Bonchev–Trinajstić information content (AvgIpc) is 3.11. The van der Waals surface area contributed by atoms with Crippen LogP contribution in [0.15, 0.2) is 51.5 Å². The molecule has 0 fully saturated rings. The van der Waals surface area contributed by atoms with E-state index in [4.69, 9.17) is 18.7 Å². The van der Waals surface area contributed by atoms with Crippen molar-refractivity contribution in [1.82, 2.24) is 5.16 Å². The summed E-state index contributed by atoms with van der Waals surface area (Å²) in [5.74, 6) is 2.28. The highest BCUT2D eigenvalue weighted by Gasteiger charge is 2.17. The minimum Gasteiger partial charge on any atom is -0.493 e. The predicted octanol–water partition coefficient (Wildman–Crippen LogP) is 4.80. The Morgan fingerprint density at radius 3 is 2.00 bits per heavy atom. The van der Waals surface area contributed by atoms with E-state index in [1.54, 1.807) is 21.3 Å². The van der Waals surface area contributed by atoms with E-state index in [1.807, 2.05) is 42.5 Å². The molecule has 0 amide bonds. The molecule has 1 aromatic heterocycles. The van der Waals surface area contributed by atoms with Gasteiger partial charge in [-0.1, -0.05) is 33.2 Å². The first-order chi connectivity index (χ1) is 11.7. The van der Waals surface area contributed by atoms with Crippen molar-refractivity contribution in [2.75, 3.05) is 21.3 Å². The summed E-state index contributed by atoms with van der Waals surface area (Å²) in [4.78, 5) is 0. The standard InChI is InChI=1S/C18H16BrNO4/c1-21-16-8-12(9-17(22-2)18(16)23-3)15-10-14(20-24-15)11-4-6-13(19)7-5-11/h4-10H,1-3H3. The van der Waals surface area contributed by atoms with Crippen LogP contribution >= 0.6 is 15.9 Å². The lowest BCUT2D eigenvalue weighted by Gasteiger charge is -2.12. The molecule has 0 unspecified atom stereocenters. The second-order valence-corrected chi connectivity index (χ2v) is 5.91. The van der Waals surface area contributed by atoms with Crippen LogP contribution < -0.4 is 14.2 Å². The van der Waals surface area contributed by atoms with Crippen molar-refractivity contribution in [2.24, 2.45) is 0 Å². The fourth-order valence-electron chi connectivity index (χ4n) is 2.39. The van der Waals surface area contributed by atoms with E-state index in [1.165, 1.54) is 0 Å². The predicted molar refractivity (Wildman–Crippen MR) is 94.7 cm³/mol. The van der Waals surface area contributed by atoms with E-state index in [-0.39, 0.29) is 0 Å². The van der Waals surface area contributed by atoms with Crippen molar-refractivity contribution in [3.63, 3.8) is 0 Å². The number of nitrogens with zero attached hydrogens (tertiary/aromatic N) is 1. The Labute approximate surface area is 148 Å². The average molecular weight is 390 g/mol. The minimum atomic E-state index is 0.538. The van der Waals surface area contributed by atoms with Crippen molar-refractivity contribution < 1.29 is 18.7 Å². The highest BCUT2D eigenvalue weighted by Crippen LogP contribution is 2.41. The zero-order valence-corrected chi connectivity index (χ0v) is 15.1. The van der Waals surface area contributed by atoms with Crippen LogP contribution in [-0.2, 0) is 0 Å². The third-order valence-corrected chi connectivity index (χ3v) is 4.13. The molecule has 0 aliphatic heterocycles. The van der Waals surface area contributed by atoms with E-state index < -0.39 is 0 Å². The molecule has 3 rings (SSSR count). The van der Waals surface area contributed by atoms with Crippen molar-refractivity contribution in [3.05, 3.63) is 46.9 Å². The summed E-state index contributed by atoms with van der Waals surface area (Å²) in [5.41, 5.74) is 2.52. The highest BCUT2D eigenvalue weighted by atomic mass is 79.9. The van der Waals surface area contributed by atoms with Gasteiger partial charge in [0.1, 0.15) is 5.69 Å². The van der Waals surface area contributed by atoms with E-state index in [9.17, 15) is 0 Å². The summed E-state index contributed by atoms with van der Waals surface area (Å²) in [7, 11) is 4.73. The Morgan fingerprint density at radius 2 is 1.46 bits per heavy atom. The molecule has 0 saturated heterocycles. The first-order valence-electron chi connectivity index (χ1n) is 7.19. The maximum atomic E-state index is 5.49. The summed E-state index contributed by atoms with van der Waals surface area (Å²) in [5, 5.41) is 4.14. The molecule has 0 radical (unpaired) electrons. The summed E-state index contributed by atoms with van der Waals surface area (Å²) in [6.07, 6.45) is 0. The van der Waals surface area contributed by atoms with Crippen LogP contribution in [0.1, 0.15) is 0 Å². The van der Waals surface area contributed by atoms with Crippen LogP contribution in [0.5, 0.6) is 17.2 Å². The number of hydrogen-bond acceptors (Lipinski definition) is 5. The number of halogens is 1. The van der Waals surface area contributed by atoms with E-state index >= 15 is 0 Å². The van der Waals surface area contributed by atoms with Crippen LogP contribution in [0.3, 0.4) is 0 Å². The monoisotopic (exact) mass is 389 g/mol. The van der Waals surface area contributed by atoms with Gasteiger partial charge in [-0.2, -0.15) is 0 Å². The third kappa shape index (κ3) is 3.10. The molecule has 0 aliphatic carbocycles. The van der Waals surface area contributed by atoms with Gasteiger partial charge >= 0.3 is 0 Å². The van der Waals surface area contributed by atoms with E-state index in [0.717, 1.165) is 21.3 Å². The second kappa shape index (κ2) is 6.97. The second-order valence-electron chi connectivity index (χ2n) is 5.00. The molecule has 0 atom stereocenters. The molecular formula is C18H16BrNO4. The fraction of sp³-hybridized carbons (Fsp3) is 0.167. The van der Waals surface area contributed by atoms with E-state index in [2.05, 4.69) is 21.1 Å². The molecule has 2 aromatic carbocycles. The number of hydrogen-bond donors (Lipinski definition) is 0. The molecule has 0 spiro atoms. The van der Waals surface area contributed by atoms with Gasteiger partial charge in [-0.15, -0.1) is 0 Å². The topological polar surface area (TPSA) is 53.7 Å². The Kier molecular flexibility index (Phi) is 4.76. The number of aromatic nitrogens is 1. The lowest BCUT2D eigenvalue weighted by atomic mass is 10.1.